The Morgan fingerprint density at radius 1 is 1.27 bits per heavy atom. The number of nitriles is 1. The van der Waals surface area contributed by atoms with Crippen LogP contribution in [-0.4, -0.2) is 11.6 Å². The molecule has 3 rings (SSSR count). The normalized spacial score (nSPS) is 11.8. The van der Waals surface area contributed by atoms with Crippen LogP contribution in [0.3, 0.4) is 0 Å². The minimum absolute atomic E-state index is 0.155. The summed E-state index contributed by atoms with van der Waals surface area (Å²) in [7, 11) is 0. The molecule has 0 unspecified atom stereocenters. The second kappa shape index (κ2) is 9.20. The predicted molar refractivity (Wildman–Crippen MR) is 112 cm³/mol. The number of ether oxygens (including phenoxy) is 1. The van der Waals surface area contributed by atoms with Gasteiger partial charge < -0.3 is 10.1 Å². The standard InChI is InChI=1S/C21H15ClF3N3OS/c1-2-29-16-6-3-13(4-7-16)19-12-30-20(28-19)14(10-26)11-27-15-5-8-18(22)17(9-15)21(23,24)25/h3-9,11-12,27H,2H2,1H3. The number of aromatic nitrogens is 1. The average molecular weight is 450 g/mol. The quantitative estimate of drug-likeness (QED) is 0.418. The Hall–Kier alpha value is -3.02. The Morgan fingerprint density at radius 3 is 2.63 bits per heavy atom. The number of allylic oxidation sites excluding steroid dienone is 1. The molecule has 0 saturated heterocycles. The first kappa shape index (κ1) is 21.7. The first-order valence-corrected chi connectivity index (χ1v) is 10.00. The van der Waals surface area contributed by atoms with Crippen molar-refractivity contribution in [3.8, 4) is 23.1 Å². The molecule has 154 valence electrons. The summed E-state index contributed by atoms with van der Waals surface area (Å²) in [5, 5.41) is 14.0. The Labute approximate surface area is 180 Å². The second-order valence-corrected chi connectivity index (χ2v) is 7.27. The summed E-state index contributed by atoms with van der Waals surface area (Å²) >= 11 is 6.89. The minimum atomic E-state index is -4.57. The van der Waals surface area contributed by atoms with Gasteiger partial charge in [-0.05, 0) is 49.4 Å². The van der Waals surface area contributed by atoms with Gasteiger partial charge in [-0.3, -0.25) is 0 Å². The van der Waals surface area contributed by atoms with Gasteiger partial charge in [-0.15, -0.1) is 11.3 Å². The lowest BCUT2D eigenvalue weighted by molar-refractivity contribution is -0.137. The van der Waals surface area contributed by atoms with Crippen molar-refractivity contribution in [2.24, 2.45) is 0 Å². The molecule has 0 atom stereocenters. The maximum absolute atomic E-state index is 13.0. The van der Waals surface area contributed by atoms with Crippen LogP contribution in [-0.2, 0) is 6.18 Å². The molecule has 0 fully saturated rings. The Morgan fingerprint density at radius 2 is 2.00 bits per heavy atom. The van der Waals surface area contributed by atoms with Crippen LogP contribution in [0.15, 0.2) is 54.0 Å². The highest BCUT2D eigenvalue weighted by molar-refractivity contribution is 7.11. The summed E-state index contributed by atoms with van der Waals surface area (Å²) in [6.45, 7) is 2.47. The van der Waals surface area contributed by atoms with E-state index in [0.29, 0.717) is 17.3 Å². The summed E-state index contributed by atoms with van der Waals surface area (Å²) < 4.78 is 44.4. The van der Waals surface area contributed by atoms with E-state index in [0.717, 1.165) is 23.4 Å². The number of rotatable bonds is 6. The fourth-order valence-electron chi connectivity index (χ4n) is 2.55. The Kier molecular flexibility index (Phi) is 6.65. The molecule has 0 amide bonds. The van der Waals surface area contributed by atoms with Crippen molar-refractivity contribution < 1.29 is 17.9 Å². The van der Waals surface area contributed by atoms with Gasteiger partial charge in [-0.1, -0.05) is 11.6 Å². The smallest absolute Gasteiger partial charge is 0.417 e. The second-order valence-electron chi connectivity index (χ2n) is 6.00. The number of nitrogens with one attached hydrogen (secondary N) is 1. The lowest BCUT2D eigenvalue weighted by atomic mass is 10.1. The number of alkyl halides is 3. The van der Waals surface area contributed by atoms with Crippen LogP contribution in [0.4, 0.5) is 18.9 Å². The lowest BCUT2D eigenvalue weighted by Gasteiger charge is -2.10. The van der Waals surface area contributed by atoms with E-state index < -0.39 is 16.8 Å². The first-order chi connectivity index (χ1) is 14.3. The topological polar surface area (TPSA) is 57.9 Å². The predicted octanol–water partition coefficient (Wildman–Crippen LogP) is 6.86. The molecule has 0 bridgehead atoms. The molecule has 0 aliphatic carbocycles. The highest BCUT2D eigenvalue weighted by Gasteiger charge is 2.33. The van der Waals surface area contributed by atoms with Crippen molar-refractivity contribution in [1.82, 2.24) is 4.98 Å². The van der Waals surface area contributed by atoms with Crippen molar-refractivity contribution in [2.45, 2.75) is 13.1 Å². The zero-order valence-electron chi connectivity index (χ0n) is 15.6. The average Bonchev–Trinajstić information content (AvgIpc) is 3.19. The zero-order valence-corrected chi connectivity index (χ0v) is 17.2. The van der Waals surface area contributed by atoms with Gasteiger partial charge in [0.15, 0.2) is 0 Å². The van der Waals surface area contributed by atoms with Gasteiger partial charge in [0.25, 0.3) is 0 Å². The lowest BCUT2D eigenvalue weighted by Crippen LogP contribution is -2.06. The third-order valence-corrected chi connectivity index (χ3v) is 5.18. The van der Waals surface area contributed by atoms with Gasteiger partial charge in [0, 0.05) is 22.8 Å². The molecule has 1 heterocycles. The maximum atomic E-state index is 13.0. The van der Waals surface area contributed by atoms with E-state index >= 15 is 0 Å². The van der Waals surface area contributed by atoms with Crippen LogP contribution < -0.4 is 10.1 Å². The summed E-state index contributed by atoms with van der Waals surface area (Å²) in [5.41, 5.74) is 0.945. The molecule has 0 aliphatic rings. The number of anilines is 1. The molecule has 0 saturated carbocycles. The van der Waals surface area contributed by atoms with Gasteiger partial charge in [0.1, 0.15) is 22.4 Å². The molecular weight excluding hydrogens is 435 g/mol. The SMILES string of the molecule is CCOc1ccc(-c2csc(C(C#N)=CNc3ccc(Cl)c(C(F)(F)F)c3)n2)cc1. The van der Waals surface area contributed by atoms with Gasteiger partial charge in [-0.2, -0.15) is 18.4 Å². The van der Waals surface area contributed by atoms with Crippen molar-refractivity contribution in [3.63, 3.8) is 0 Å². The van der Waals surface area contributed by atoms with Crippen molar-refractivity contribution in [1.29, 1.82) is 5.26 Å². The number of thiazole rings is 1. The Bertz CT molecular complexity index is 1100. The summed E-state index contributed by atoms with van der Waals surface area (Å²) in [4.78, 5) is 4.46. The van der Waals surface area contributed by atoms with E-state index in [2.05, 4.69) is 10.3 Å². The van der Waals surface area contributed by atoms with E-state index in [1.54, 1.807) is 5.38 Å². The van der Waals surface area contributed by atoms with Crippen LogP contribution in [0.2, 0.25) is 5.02 Å². The maximum Gasteiger partial charge on any atom is 0.417 e. The van der Waals surface area contributed by atoms with Crippen molar-refractivity contribution in [2.75, 3.05) is 11.9 Å². The molecule has 4 nitrogen and oxygen atoms in total. The van der Waals surface area contributed by atoms with E-state index in [1.807, 2.05) is 37.3 Å². The first-order valence-electron chi connectivity index (χ1n) is 8.74. The Balaban J connectivity index is 1.80. The van der Waals surface area contributed by atoms with Crippen molar-refractivity contribution >= 4 is 34.2 Å². The number of halogens is 4. The summed E-state index contributed by atoms with van der Waals surface area (Å²) in [6.07, 6.45) is -3.25. The minimum Gasteiger partial charge on any atom is -0.494 e. The number of benzene rings is 2. The van der Waals surface area contributed by atoms with E-state index in [9.17, 15) is 18.4 Å². The molecule has 0 aliphatic heterocycles. The fourth-order valence-corrected chi connectivity index (χ4v) is 3.57. The van der Waals surface area contributed by atoms with Gasteiger partial charge in [-0.25, -0.2) is 4.98 Å². The molecule has 1 aromatic heterocycles. The number of nitrogens with zero attached hydrogens (tertiary/aromatic N) is 2. The van der Waals surface area contributed by atoms with Crippen LogP contribution in [0, 0.1) is 11.3 Å². The molecule has 2 aromatic carbocycles. The number of hydrogen-bond donors (Lipinski definition) is 1. The van der Waals surface area contributed by atoms with E-state index in [-0.39, 0.29) is 11.3 Å². The van der Waals surface area contributed by atoms with E-state index in [1.165, 1.54) is 23.6 Å². The van der Waals surface area contributed by atoms with Crippen LogP contribution in [0.25, 0.3) is 16.8 Å². The van der Waals surface area contributed by atoms with Gasteiger partial charge in [0.05, 0.1) is 22.9 Å². The van der Waals surface area contributed by atoms with Gasteiger partial charge >= 0.3 is 6.18 Å². The molecular formula is C21H15ClF3N3OS. The van der Waals surface area contributed by atoms with Gasteiger partial charge in [0.2, 0.25) is 0 Å². The molecule has 0 radical (unpaired) electrons. The largest absolute Gasteiger partial charge is 0.494 e. The third-order valence-electron chi connectivity index (χ3n) is 3.97. The molecule has 9 heteroatoms. The summed E-state index contributed by atoms with van der Waals surface area (Å²) in [6, 6.07) is 12.9. The third kappa shape index (κ3) is 5.12. The highest BCUT2D eigenvalue weighted by Crippen LogP contribution is 2.36. The molecule has 0 spiro atoms. The fraction of sp³-hybridized carbons (Fsp3) is 0.143. The molecule has 1 N–H and O–H groups in total. The van der Waals surface area contributed by atoms with Crippen LogP contribution >= 0.6 is 22.9 Å². The monoisotopic (exact) mass is 449 g/mol. The van der Waals surface area contributed by atoms with E-state index in [4.69, 9.17) is 16.3 Å². The highest BCUT2D eigenvalue weighted by atomic mass is 35.5. The van der Waals surface area contributed by atoms with Crippen LogP contribution in [0.5, 0.6) is 5.75 Å². The molecule has 30 heavy (non-hydrogen) atoms. The summed E-state index contributed by atoms with van der Waals surface area (Å²) in [5.74, 6) is 0.750. The zero-order chi connectivity index (χ0) is 21.7. The molecule has 3 aromatic rings. The van der Waals surface area contributed by atoms with Crippen LogP contribution in [0.1, 0.15) is 17.5 Å². The van der Waals surface area contributed by atoms with Crippen molar-refractivity contribution in [3.05, 3.63) is 69.6 Å². The number of hydrogen-bond acceptors (Lipinski definition) is 5.